The lowest BCUT2D eigenvalue weighted by Gasteiger charge is -2.18. The molecule has 2 atom stereocenters. The quantitative estimate of drug-likeness (QED) is 0.657. The van der Waals surface area contributed by atoms with Crippen molar-refractivity contribution in [3.8, 4) is 0 Å². The molecule has 7 heteroatoms. The lowest BCUT2D eigenvalue weighted by molar-refractivity contribution is -0.137. The molecular formula is C20H23F3N2O2. The van der Waals surface area contributed by atoms with Crippen LogP contribution in [-0.2, 0) is 12.6 Å². The molecule has 2 aromatic rings. The summed E-state index contributed by atoms with van der Waals surface area (Å²) in [6.07, 6.45) is -3.93. The number of primary amides is 1. The fourth-order valence-corrected chi connectivity index (χ4v) is 2.67. The van der Waals surface area contributed by atoms with Crippen LogP contribution in [0.25, 0.3) is 0 Å². The van der Waals surface area contributed by atoms with Crippen LogP contribution in [0, 0.1) is 0 Å². The van der Waals surface area contributed by atoms with Crippen LogP contribution >= 0.6 is 0 Å². The van der Waals surface area contributed by atoms with Gasteiger partial charge in [0.05, 0.1) is 11.7 Å². The van der Waals surface area contributed by atoms with Crippen LogP contribution < -0.4 is 11.1 Å². The Morgan fingerprint density at radius 2 is 1.85 bits per heavy atom. The van der Waals surface area contributed by atoms with Gasteiger partial charge < -0.3 is 16.2 Å². The Balaban J connectivity index is 1.82. The smallest absolute Gasteiger partial charge is 0.387 e. The highest BCUT2D eigenvalue weighted by atomic mass is 19.4. The van der Waals surface area contributed by atoms with E-state index in [4.69, 9.17) is 5.73 Å². The molecule has 4 nitrogen and oxygen atoms in total. The zero-order chi connectivity index (χ0) is 20.0. The maximum absolute atomic E-state index is 12.8. The van der Waals surface area contributed by atoms with Crippen molar-refractivity contribution in [1.82, 2.24) is 5.32 Å². The number of aliphatic hydroxyl groups is 1. The van der Waals surface area contributed by atoms with Crippen molar-refractivity contribution in [2.45, 2.75) is 38.1 Å². The lowest BCUT2D eigenvalue weighted by Crippen LogP contribution is -2.30. The van der Waals surface area contributed by atoms with E-state index in [0.717, 1.165) is 30.5 Å². The highest BCUT2D eigenvalue weighted by Gasteiger charge is 2.30. The fraction of sp³-hybridized carbons (Fsp3) is 0.350. The third-order valence-electron chi connectivity index (χ3n) is 4.36. The largest absolute Gasteiger partial charge is 0.416 e. The Hall–Kier alpha value is -2.38. The average Bonchev–Trinajstić information content (AvgIpc) is 2.64. The third-order valence-corrected chi connectivity index (χ3v) is 4.36. The summed E-state index contributed by atoms with van der Waals surface area (Å²) < 4.78 is 38.3. The Labute approximate surface area is 156 Å². The van der Waals surface area contributed by atoms with Crippen molar-refractivity contribution in [1.29, 1.82) is 0 Å². The molecule has 0 fully saturated rings. The van der Waals surface area contributed by atoms with Gasteiger partial charge in [0, 0.05) is 18.2 Å². The van der Waals surface area contributed by atoms with Gasteiger partial charge in [-0.25, -0.2) is 0 Å². The van der Waals surface area contributed by atoms with Gasteiger partial charge in [-0.2, -0.15) is 13.2 Å². The first-order chi connectivity index (χ1) is 12.7. The van der Waals surface area contributed by atoms with Crippen LogP contribution in [0.15, 0.2) is 48.5 Å². The Bertz CT molecular complexity index is 761. The first kappa shape index (κ1) is 20.9. The number of halogens is 3. The van der Waals surface area contributed by atoms with Crippen molar-refractivity contribution in [3.63, 3.8) is 0 Å². The van der Waals surface area contributed by atoms with Gasteiger partial charge in [-0.1, -0.05) is 24.3 Å². The molecule has 0 spiro atoms. The van der Waals surface area contributed by atoms with Crippen LogP contribution in [-0.4, -0.2) is 23.6 Å². The van der Waals surface area contributed by atoms with E-state index in [2.05, 4.69) is 5.32 Å². The number of carbonyl (C=O) groups excluding carboxylic acids is 1. The van der Waals surface area contributed by atoms with Crippen molar-refractivity contribution in [2.75, 3.05) is 6.54 Å². The molecule has 0 aromatic heterocycles. The number of aryl methyl sites for hydroxylation is 1. The molecule has 2 rings (SSSR count). The van der Waals surface area contributed by atoms with Crippen molar-refractivity contribution < 1.29 is 23.1 Å². The summed E-state index contributed by atoms with van der Waals surface area (Å²) in [5.41, 5.74) is 6.16. The predicted molar refractivity (Wildman–Crippen MR) is 97.1 cm³/mol. The van der Waals surface area contributed by atoms with Gasteiger partial charge in [-0.15, -0.1) is 0 Å². The number of benzene rings is 2. The number of rotatable bonds is 8. The molecule has 4 N–H and O–H groups in total. The molecule has 0 heterocycles. The summed E-state index contributed by atoms with van der Waals surface area (Å²) in [6.45, 7) is 2.10. The molecule has 0 aliphatic heterocycles. The van der Waals surface area contributed by atoms with E-state index in [0.29, 0.717) is 5.56 Å². The number of nitrogens with two attached hydrogens (primary N) is 1. The van der Waals surface area contributed by atoms with Crippen LogP contribution in [0.1, 0.15) is 46.5 Å². The number of hydrogen-bond acceptors (Lipinski definition) is 3. The number of alkyl halides is 3. The van der Waals surface area contributed by atoms with E-state index in [-0.39, 0.29) is 18.2 Å². The van der Waals surface area contributed by atoms with Gasteiger partial charge in [0.2, 0.25) is 5.91 Å². The zero-order valence-corrected chi connectivity index (χ0v) is 15.0. The van der Waals surface area contributed by atoms with Gasteiger partial charge in [-0.3, -0.25) is 4.79 Å². The molecule has 1 unspecified atom stereocenters. The first-order valence-corrected chi connectivity index (χ1v) is 8.64. The van der Waals surface area contributed by atoms with Crippen molar-refractivity contribution >= 4 is 5.91 Å². The Morgan fingerprint density at radius 1 is 1.19 bits per heavy atom. The molecule has 2 aromatic carbocycles. The van der Waals surface area contributed by atoms with Crippen molar-refractivity contribution in [3.05, 3.63) is 70.8 Å². The van der Waals surface area contributed by atoms with E-state index in [1.165, 1.54) is 12.1 Å². The maximum atomic E-state index is 12.8. The fourth-order valence-electron chi connectivity index (χ4n) is 2.67. The van der Waals surface area contributed by atoms with E-state index >= 15 is 0 Å². The Morgan fingerprint density at radius 3 is 2.44 bits per heavy atom. The third kappa shape index (κ3) is 6.37. The van der Waals surface area contributed by atoms with Crippen molar-refractivity contribution in [2.24, 2.45) is 5.73 Å². The number of hydrogen-bond donors (Lipinski definition) is 3. The second kappa shape index (κ2) is 9.01. The van der Waals surface area contributed by atoms with E-state index in [9.17, 15) is 23.1 Å². The average molecular weight is 380 g/mol. The van der Waals surface area contributed by atoms with Gasteiger partial charge in [-0.05, 0) is 55.2 Å². The van der Waals surface area contributed by atoms with E-state index in [1.807, 2.05) is 19.1 Å². The minimum absolute atomic E-state index is 0.0567. The topological polar surface area (TPSA) is 75.4 Å². The number of nitrogens with one attached hydrogen (secondary N) is 1. The summed E-state index contributed by atoms with van der Waals surface area (Å²) in [6, 6.07) is 11.8. The Kier molecular flexibility index (Phi) is 6.98. The second-order valence-corrected chi connectivity index (χ2v) is 6.55. The molecule has 0 aliphatic carbocycles. The summed E-state index contributed by atoms with van der Waals surface area (Å²) in [4.78, 5) is 11.0. The number of amides is 1. The normalized spacial score (nSPS) is 14.0. The lowest BCUT2D eigenvalue weighted by atomic mass is 10.0. The van der Waals surface area contributed by atoms with Crippen LogP contribution in [0.2, 0.25) is 0 Å². The van der Waals surface area contributed by atoms with Gasteiger partial charge in [0.15, 0.2) is 0 Å². The molecule has 27 heavy (non-hydrogen) atoms. The van der Waals surface area contributed by atoms with Gasteiger partial charge in [0.25, 0.3) is 0 Å². The first-order valence-electron chi connectivity index (χ1n) is 8.64. The molecular weight excluding hydrogens is 357 g/mol. The summed E-state index contributed by atoms with van der Waals surface area (Å²) >= 11 is 0. The van der Waals surface area contributed by atoms with Crippen LogP contribution in [0.4, 0.5) is 13.2 Å². The molecule has 0 radical (unpaired) electrons. The SMILES string of the molecule is C[C@H](CCc1ccc(C(N)=O)cc1)NCC(O)c1cccc(C(F)(F)F)c1. The number of carbonyl (C=O) groups is 1. The maximum Gasteiger partial charge on any atom is 0.416 e. The van der Waals surface area contributed by atoms with Crippen LogP contribution in [0.5, 0.6) is 0 Å². The van der Waals surface area contributed by atoms with Gasteiger partial charge >= 0.3 is 6.18 Å². The highest BCUT2D eigenvalue weighted by molar-refractivity contribution is 5.92. The van der Waals surface area contributed by atoms with Crippen LogP contribution in [0.3, 0.4) is 0 Å². The van der Waals surface area contributed by atoms with Gasteiger partial charge in [0.1, 0.15) is 0 Å². The summed E-state index contributed by atoms with van der Waals surface area (Å²) in [5.74, 6) is -0.472. The monoisotopic (exact) mass is 380 g/mol. The molecule has 0 saturated heterocycles. The minimum Gasteiger partial charge on any atom is -0.387 e. The molecule has 0 saturated carbocycles. The summed E-state index contributed by atoms with van der Waals surface area (Å²) in [7, 11) is 0. The molecule has 146 valence electrons. The second-order valence-electron chi connectivity index (χ2n) is 6.55. The highest BCUT2D eigenvalue weighted by Crippen LogP contribution is 2.30. The molecule has 0 bridgehead atoms. The predicted octanol–water partition coefficient (Wildman–Crippen LogP) is 3.45. The van der Waals surface area contributed by atoms with E-state index < -0.39 is 23.8 Å². The standard InChI is InChI=1S/C20H23F3N2O2/c1-13(5-6-14-7-9-15(10-8-14)19(24)27)25-12-18(26)16-3-2-4-17(11-16)20(21,22)23/h2-4,7-11,13,18,25-26H,5-6,12H2,1H3,(H2,24,27)/t13-,18?/m1/s1. The summed E-state index contributed by atoms with van der Waals surface area (Å²) in [5, 5.41) is 13.3. The van der Waals surface area contributed by atoms with E-state index in [1.54, 1.807) is 12.1 Å². The zero-order valence-electron chi connectivity index (χ0n) is 15.0. The molecule has 0 aliphatic rings. The minimum atomic E-state index is -4.43. The molecule has 1 amide bonds. The number of aliphatic hydroxyl groups excluding tert-OH is 1.